The third kappa shape index (κ3) is 17.8. The van der Waals surface area contributed by atoms with E-state index in [9.17, 15) is 0 Å². The Labute approximate surface area is 151 Å². The quantitative estimate of drug-likeness (QED) is 0.227. The second-order valence-corrected chi connectivity index (χ2v) is 7.13. The minimum atomic E-state index is 0.113. The van der Waals surface area contributed by atoms with Gasteiger partial charge < -0.3 is 9.84 Å². The normalized spacial score (nSPS) is 12.2. The zero-order valence-electron chi connectivity index (χ0n) is 16.2. The van der Waals surface area contributed by atoms with Gasteiger partial charge >= 0.3 is 0 Å². The fourth-order valence-electron chi connectivity index (χ4n) is 2.99. The Kier molecular flexibility index (Phi) is 20.1. The summed E-state index contributed by atoms with van der Waals surface area (Å²) in [7, 11) is 0. The molecule has 0 saturated carbocycles. The molecule has 0 fully saturated rings. The van der Waals surface area contributed by atoms with Crippen molar-refractivity contribution in [2.75, 3.05) is 19.8 Å². The Balaban J connectivity index is 3.09. The molecule has 0 spiro atoms. The maximum Gasteiger partial charge on any atom is 0.0525 e. The fourth-order valence-corrected chi connectivity index (χ4v) is 2.99. The minimum Gasteiger partial charge on any atom is -0.396 e. The smallest absolute Gasteiger partial charge is 0.0525 e. The van der Waals surface area contributed by atoms with Gasteiger partial charge in [-0.3, -0.25) is 0 Å². The lowest BCUT2D eigenvalue weighted by Gasteiger charge is -2.11. The standard InChI is InChI=1S/C22H42O2/c1-3-5-6-7-8-9-10-11-12-13-14-15-16-17-19-24-21-22(20-23)18-4-2/h2,22-23H,3,5-21H2,1H3. The van der Waals surface area contributed by atoms with Gasteiger partial charge in [0.05, 0.1) is 6.61 Å². The van der Waals surface area contributed by atoms with Crippen molar-refractivity contribution in [1.29, 1.82) is 0 Å². The highest BCUT2D eigenvalue weighted by Gasteiger charge is 2.05. The molecule has 24 heavy (non-hydrogen) atoms. The number of hydrogen-bond donors (Lipinski definition) is 1. The summed E-state index contributed by atoms with van der Waals surface area (Å²) in [6.07, 6.45) is 25.1. The summed E-state index contributed by atoms with van der Waals surface area (Å²) in [5.74, 6) is 2.70. The topological polar surface area (TPSA) is 29.5 Å². The first-order chi connectivity index (χ1) is 11.8. The van der Waals surface area contributed by atoms with Gasteiger partial charge in [0.2, 0.25) is 0 Å². The van der Waals surface area contributed by atoms with E-state index in [-0.39, 0.29) is 12.5 Å². The van der Waals surface area contributed by atoms with Gasteiger partial charge in [0, 0.05) is 25.6 Å². The van der Waals surface area contributed by atoms with Crippen LogP contribution in [-0.2, 0) is 4.74 Å². The molecule has 0 aliphatic heterocycles. The molecule has 0 aromatic rings. The Morgan fingerprint density at radius 1 is 0.792 bits per heavy atom. The van der Waals surface area contributed by atoms with E-state index < -0.39 is 0 Å². The van der Waals surface area contributed by atoms with Crippen LogP contribution in [0.3, 0.4) is 0 Å². The summed E-state index contributed by atoms with van der Waals surface area (Å²) in [4.78, 5) is 0. The lowest BCUT2D eigenvalue weighted by atomic mass is 10.0. The first kappa shape index (κ1) is 23.5. The van der Waals surface area contributed by atoms with E-state index in [0.29, 0.717) is 13.0 Å². The van der Waals surface area contributed by atoms with Crippen molar-refractivity contribution in [3.8, 4) is 12.3 Å². The molecule has 0 saturated heterocycles. The Morgan fingerprint density at radius 3 is 1.67 bits per heavy atom. The number of aliphatic hydroxyl groups excluding tert-OH is 1. The molecular weight excluding hydrogens is 296 g/mol. The Morgan fingerprint density at radius 2 is 1.25 bits per heavy atom. The van der Waals surface area contributed by atoms with Crippen LogP contribution in [0.4, 0.5) is 0 Å². The highest BCUT2D eigenvalue weighted by Crippen LogP contribution is 2.13. The third-order valence-corrected chi connectivity index (χ3v) is 4.66. The van der Waals surface area contributed by atoms with Crippen LogP contribution in [0.1, 0.15) is 103 Å². The van der Waals surface area contributed by atoms with Crippen LogP contribution in [0.15, 0.2) is 0 Å². The first-order valence-corrected chi connectivity index (χ1v) is 10.5. The molecule has 0 aromatic carbocycles. The van der Waals surface area contributed by atoms with Crippen molar-refractivity contribution in [2.45, 2.75) is 103 Å². The molecule has 0 radical (unpaired) electrons. The number of hydrogen-bond acceptors (Lipinski definition) is 2. The summed E-state index contributed by atoms with van der Waals surface area (Å²) in [6, 6.07) is 0. The van der Waals surface area contributed by atoms with E-state index in [1.807, 2.05) is 0 Å². The van der Waals surface area contributed by atoms with Gasteiger partial charge in [-0.1, -0.05) is 90.4 Å². The summed E-state index contributed by atoms with van der Waals surface area (Å²) in [6.45, 7) is 3.81. The fraction of sp³-hybridized carbons (Fsp3) is 0.909. The zero-order chi connectivity index (χ0) is 17.7. The van der Waals surface area contributed by atoms with E-state index in [2.05, 4.69) is 12.8 Å². The van der Waals surface area contributed by atoms with Gasteiger partial charge in [0.15, 0.2) is 0 Å². The number of unbranched alkanes of at least 4 members (excludes halogenated alkanes) is 13. The molecule has 0 rings (SSSR count). The molecule has 142 valence electrons. The minimum absolute atomic E-state index is 0.113. The van der Waals surface area contributed by atoms with Crippen LogP contribution in [-0.4, -0.2) is 24.9 Å². The molecule has 1 unspecified atom stereocenters. The van der Waals surface area contributed by atoms with Gasteiger partial charge in [0.25, 0.3) is 0 Å². The summed E-state index contributed by atoms with van der Waals surface area (Å²) in [5.41, 5.74) is 0. The SMILES string of the molecule is C#CCC(CO)COCCCCCCCCCCCCCCCC. The molecule has 0 bridgehead atoms. The largest absolute Gasteiger partial charge is 0.396 e. The van der Waals surface area contributed by atoms with Crippen LogP contribution in [0, 0.1) is 18.3 Å². The van der Waals surface area contributed by atoms with Gasteiger partial charge in [-0.2, -0.15) is 0 Å². The van der Waals surface area contributed by atoms with Crippen LogP contribution >= 0.6 is 0 Å². The molecule has 1 atom stereocenters. The maximum absolute atomic E-state index is 9.11. The molecular formula is C22H42O2. The number of aliphatic hydroxyl groups is 1. The van der Waals surface area contributed by atoms with Crippen molar-refractivity contribution >= 4 is 0 Å². The number of rotatable bonds is 19. The molecule has 1 N–H and O–H groups in total. The van der Waals surface area contributed by atoms with E-state index in [0.717, 1.165) is 13.0 Å². The second-order valence-electron chi connectivity index (χ2n) is 7.13. The highest BCUT2D eigenvalue weighted by atomic mass is 16.5. The lowest BCUT2D eigenvalue weighted by molar-refractivity contribution is 0.0724. The van der Waals surface area contributed by atoms with Gasteiger partial charge in [-0.25, -0.2) is 0 Å². The van der Waals surface area contributed by atoms with Gasteiger partial charge in [-0.15, -0.1) is 12.3 Å². The Bertz CT molecular complexity index is 270. The summed E-state index contributed by atoms with van der Waals surface area (Å²) >= 11 is 0. The zero-order valence-corrected chi connectivity index (χ0v) is 16.2. The molecule has 0 aliphatic carbocycles. The van der Waals surface area contributed by atoms with Crippen molar-refractivity contribution < 1.29 is 9.84 Å². The molecule has 2 nitrogen and oxygen atoms in total. The van der Waals surface area contributed by atoms with Gasteiger partial charge in [0.1, 0.15) is 0 Å². The van der Waals surface area contributed by atoms with Crippen molar-refractivity contribution in [2.24, 2.45) is 5.92 Å². The maximum atomic E-state index is 9.11. The second kappa shape index (κ2) is 20.5. The van der Waals surface area contributed by atoms with Crippen molar-refractivity contribution in [1.82, 2.24) is 0 Å². The summed E-state index contributed by atoms with van der Waals surface area (Å²) in [5, 5.41) is 9.11. The predicted molar refractivity (Wildman–Crippen MR) is 105 cm³/mol. The molecule has 0 aliphatic rings. The van der Waals surface area contributed by atoms with Crippen LogP contribution < -0.4 is 0 Å². The van der Waals surface area contributed by atoms with Crippen LogP contribution in [0.2, 0.25) is 0 Å². The van der Waals surface area contributed by atoms with Crippen molar-refractivity contribution in [3.63, 3.8) is 0 Å². The van der Waals surface area contributed by atoms with Crippen LogP contribution in [0.25, 0.3) is 0 Å². The highest BCUT2D eigenvalue weighted by molar-refractivity contribution is 4.86. The van der Waals surface area contributed by atoms with E-state index in [4.69, 9.17) is 16.3 Å². The predicted octanol–water partition coefficient (Wildman–Crippen LogP) is 6.12. The number of ether oxygens (including phenoxy) is 1. The van der Waals surface area contributed by atoms with E-state index >= 15 is 0 Å². The Hall–Kier alpha value is -0.520. The molecule has 0 heterocycles. The van der Waals surface area contributed by atoms with Crippen LogP contribution in [0.5, 0.6) is 0 Å². The first-order valence-electron chi connectivity index (χ1n) is 10.5. The molecule has 0 aromatic heterocycles. The molecule has 0 amide bonds. The van der Waals surface area contributed by atoms with Gasteiger partial charge in [-0.05, 0) is 6.42 Å². The van der Waals surface area contributed by atoms with Crippen molar-refractivity contribution in [3.05, 3.63) is 0 Å². The lowest BCUT2D eigenvalue weighted by Crippen LogP contribution is -2.13. The molecule has 2 heteroatoms. The van der Waals surface area contributed by atoms with E-state index in [1.165, 1.54) is 83.5 Å². The summed E-state index contributed by atoms with van der Waals surface area (Å²) < 4.78 is 5.59. The monoisotopic (exact) mass is 338 g/mol. The van der Waals surface area contributed by atoms with E-state index in [1.54, 1.807) is 0 Å². The average Bonchev–Trinajstić information content (AvgIpc) is 2.60. The average molecular weight is 339 g/mol. The number of terminal acetylenes is 1. The third-order valence-electron chi connectivity index (χ3n) is 4.66.